The summed E-state index contributed by atoms with van der Waals surface area (Å²) in [5.74, 6) is 0.0596. The summed E-state index contributed by atoms with van der Waals surface area (Å²) in [5, 5.41) is 9.57. The van der Waals surface area contributed by atoms with Crippen LogP contribution in [0, 0.1) is 0 Å². The predicted octanol–water partition coefficient (Wildman–Crippen LogP) is 1.13. The average Bonchev–Trinajstić information content (AvgIpc) is 2.20. The molecule has 4 heteroatoms. The van der Waals surface area contributed by atoms with E-state index in [4.69, 9.17) is 5.73 Å². The Hall–Kier alpha value is -2.23. The zero-order valence-electron chi connectivity index (χ0n) is 7.92. The van der Waals surface area contributed by atoms with Gasteiger partial charge in [0.25, 0.3) is 5.56 Å². The number of nitrogens with two attached hydrogens (primary N) is 1. The molecule has 0 fully saturated rings. The maximum absolute atomic E-state index is 11.6. The molecule has 0 unspecified atom stereocenters. The van der Waals surface area contributed by atoms with Crippen molar-refractivity contribution in [2.75, 3.05) is 5.73 Å². The van der Waals surface area contributed by atoms with E-state index < -0.39 is 0 Å². The molecule has 0 aliphatic rings. The molecule has 2 aromatic rings. The summed E-state index contributed by atoms with van der Waals surface area (Å²) in [6.07, 6.45) is 1.53. The lowest BCUT2D eigenvalue weighted by Gasteiger charge is -2.07. The molecule has 1 heterocycles. The monoisotopic (exact) mass is 202 g/mol. The van der Waals surface area contributed by atoms with Gasteiger partial charge in [-0.3, -0.25) is 9.36 Å². The van der Waals surface area contributed by atoms with Crippen molar-refractivity contribution in [3.8, 4) is 11.4 Å². The quantitative estimate of drug-likeness (QED) is 0.728. The molecular formula is C11H10N2O2. The van der Waals surface area contributed by atoms with Gasteiger partial charge in [-0.15, -0.1) is 0 Å². The summed E-state index contributed by atoms with van der Waals surface area (Å²) in [4.78, 5) is 11.6. The first-order valence-corrected chi connectivity index (χ1v) is 4.45. The van der Waals surface area contributed by atoms with E-state index >= 15 is 0 Å². The summed E-state index contributed by atoms with van der Waals surface area (Å²) in [7, 11) is 0. The Morgan fingerprint density at radius 3 is 2.60 bits per heavy atom. The smallest absolute Gasteiger partial charge is 0.257 e. The van der Waals surface area contributed by atoms with E-state index in [1.807, 2.05) is 0 Å². The number of nitrogen functional groups attached to an aromatic ring is 1. The Morgan fingerprint density at radius 2 is 1.93 bits per heavy atom. The molecule has 0 saturated heterocycles. The van der Waals surface area contributed by atoms with E-state index in [0.717, 1.165) is 0 Å². The van der Waals surface area contributed by atoms with Crippen molar-refractivity contribution in [2.45, 2.75) is 0 Å². The molecule has 0 radical (unpaired) electrons. The number of pyridine rings is 1. The van der Waals surface area contributed by atoms with E-state index in [0.29, 0.717) is 11.4 Å². The zero-order chi connectivity index (χ0) is 10.8. The molecule has 3 N–H and O–H groups in total. The van der Waals surface area contributed by atoms with Gasteiger partial charge in [-0.05, 0) is 18.2 Å². The maximum Gasteiger partial charge on any atom is 0.257 e. The first kappa shape index (κ1) is 9.33. The van der Waals surface area contributed by atoms with Crippen LogP contribution in [0.1, 0.15) is 0 Å². The molecule has 1 aromatic carbocycles. The van der Waals surface area contributed by atoms with E-state index in [9.17, 15) is 9.90 Å². The fraction of sp³-hybridized carbons (Fsp3) is 0. The summed E-state index contributed by atoms with van der Waals surface area (Å²) in [5.41, 5.74) is 6.06. The zero-order valence-corrected chi connectivity index (χ0v) is 7.92. The van der Waals surface area contributed by atoms with Crippen molar-refractivity contribution < 1.29 is 5.11 Å². The molecule has 0 aliphatic carbocycles. The average molecular weight is 202 g/mol. The van der Waals surface area contributed by atoms with E-state index in [-0.39, 0.29) is 11.3 Å². The maximum atomic E-state index is 11.6. The largest absolute Gasteiger partial charge is 0.506 e. The molecule has 0 aliphatic heterocycles. The fourth-order valence-corrected chi connectivity index (χ4v) is 1.36. The highest BCUT2D eigenvalue weighted by Gasteiger charge is 2.03. The van der Waals surface area contributed by atoms with Crippen molar-refractivity contribution in [1.82, 2.24) is 4.57 Å². The number of aromatic hydroxyl groups is 1. The highest BCUT2D eigenvalue weighted by atomic mass is 16.3. The van der Waals surface area contributed by atoms with Crippen molar-refractivity contribution in [2.24, 2.45) is 0 Å². The fourth-order valence-electron chi connectivity index (χ4n) is 1.36. The van der Waals surface area contributed by atoms with Crippen molar-refractivity contribution in [3.05, 3.63) is 52.9 Å². The predicted molar refractivity (Wildman–Crippen MR) is 58.1 cm³/mol. The van der Waals surface area contributed by atoms with Gasteiger partial charge in [0.05, 0.1) is 5.69 Å². The van der Waals surface area contributed by atoms with E-state index in [1.54, 1.807) is 24.3 Å². The highest BCUT2D eigenvalue weighted by Crippen LogP contribution is 2.18. The number of nitrogens with zero attached hydrogens (tertiary/aromatic N) is 1. The Balaban J connectivity index is 2.65. The van der Waals surface area contributed by atoms with Crippen molar-refractivity contribution >= 4 is 5.69 Å². The second-order valence-electron chi connectivity index (χ2n) is 3.16. The molecule has 0 bridgehead atoms. The minimum Gasteiger partial charge on any atom is -0.506 e. The topological polar surface area (TPSA) is 68.2 Å². The van der Waals surface area contributed by atoms with Crippen LogP contribution in [0.15, 0.2) is 47.4 Å². The summed E-state index contributed by atoms with van der Waals surface area (Å²) in [6.45, 7) is 0. The van der Waals surface area contributed by atoms with Crippen molar-refractivity contribution in [1.29, 1.82) is 0 Å². The third-order valence-corrected chi connectivity index (χ3v) is 2.08. The Bertz CT molecular complexity index is 546. The minimum atomic E-state index is -0.267. The van der Waals surface area contributed by atoms with Gasteiger partial charge < -0.3 is 10.8 Å². The number of benzene rings is 1. The Labute approximate surface area is 86.2 Å². The third kappa shape index (κ3) is 1.69. The number of hydrogen-bond donors (Lipinski definition) is 2. The van der Waals surface area contributed by atoms with E-state index in [1.165, 1.54) is 22.9 Å². The molecule has 0 atom stereocenters. The van der Waals surface area contributed by atoms with Crippen LogP contribution in [-0.2, 0) is 0 Å². The summed E-state index contributed by atoms with van der Waals surface area (Å²) < 4.78 is 1.34. The third-order valence-electron chi connectivity index (χ3n) is 2.08. The standard InChI is InChI=1S/C11H10N2O2/c12-8-5-6-13(11(15)7-8)9-3-1-2-4-10(9)14/h1-7,14H,12H2. The van der Waals surface area contributed by atoms with Crippen LogP contribution in [-0.4, -0.2) is 9.67 Å². The molecule has 76 valence electrons. The molecular weight excluding hydrogens is 192 g/mol. The first-order chi connectivity index (χ1) is 7.18. The van der Waals surface area contributed by atoms with Crippen LogP contribution < -0.4 is 11.3 Å². The Morgan fingerprint density at radius 1 is 1.20 bits per heavy atom. The van der Waals surface area contributed by atoms with E-state index in [2.05, 4.69) is 0 Å². The van der Waals surface area contributed by atoms with Gasteiger partial charge in [-0.1, -0.05) is 12.1 Å². The molecule has 1 aromatic heterocycles. The molecule has 15 heavy (non-hydrogen) atoms. The first-order valence-electron chi connectivity index (χ1n) is 4.45. The number of para-hydroxylation sites is 2. The van der Waals surface area contributed by atoms with Crippen LogP contribution in [0.3, 0.4) is 0 Å². The Kier molecular flexibility index (Phi) is 2.17. The van der Waals surface area contributed by atoms with Crippen LogP contribution in [0.2, 0.25) is 0 Å². The number of hydrogen-bond acceptors (Lipinski definition) is 3. The second kappa shape index (κ2) is 3.49. The minimum absolute atomic E-state index is 0.0596. The molecule has 0 spiro atoms. The van der Waals surface area contributed by atoms with Crippen LogP contribution in [0.4, 0.5) is 5.69 Å². The van der Waals surface area contributed by atoms with Gasteiger partial charge in [0.15, 0.2) is 0 Å². The van der Waals surface area contributed by atoms with Crippen LogP contribution >= 0.6 is 0 Å². The molecule has 0 amide bonds. The van der Waals surface area contributed by atoms with Gasteiger partial charge >= 0.3 is 0 Å². The van der Waals surface area contributed by atoms with Gasteiger partial charge in [0, 0.05) is 18.0 Å². The molecule has 4 nitrogen and oxygen atoms in total. The SMILES string of the molecule is Nc1ccn(-c2ccccc2O)c(=O)c1. The lowest BCUT2D eigenvalue weighted by atomic mass is 10.3. The molecule has 2 rings (SSSR count). The normalized spacial score (nSPS) is 10.1. The van der Waals surface area contributed by atoms with Crippen LogP contribution in [0.25, 0.3) is 5.69 Å². The number of phenolic OH excluding ortho intramolecular Hbond substituents is 1. The molecule has 0 saturated carbocycles. The number of rotatable bonds is 1. The van der Waals surface area contributed by atoms with Gasteiger partial charge in [0.1, 0.15) is 5.75 Å². The summed E-state index contributed by atoms with van der Waals surface area (Å²) in [6, 6.07) is 9.55. The van der Waals surface area contributed by atoms with Crippen LogP contribution in [0.5, 0.6) is 5.75 Å². The van der Waals surface area contributed by atoms with Crippen molar-refractivity contribution in [3.63, 3.8) is 0 Å². The lowest BCUT2D eigenvalue weighted by Crippen LogP contribution is -2.16. The van der Waals surface area contributed by atoms with Gasteiger partial charge in [-0.25, -0.2) is 0 Å². The number of anilines is 1. The second-order valence-corrected chi connectivity index (χ2v) is 3.16. The number of phenols is 1. The van der Waals surface area contributed by atoms with Gasteiger partial charge in [-0.2, -0.15) is 0 Å². The summed E-state index contributed by atoms with van der Waals surface area (Å²) >= 11 is 0. The number of aromatic nitrogens is 1. The highest BCUT2D eigenvalue weighted by molar-refractivity contribution is 5.47. The lowest BCUT2D eigenvalue weighted by molar-refractivity contribution is 0.472. The van der Waals surface area contributed by atoms with Gasteiger partial charge in [0.2, 0.25) is 0 Å².